The molecule has 5 nitrogen and oxygen atoms in total. The molecule has 19 heavy (non-hydrogen) atoms. The normalized spacial score (nSPS) is 20.3. The van der Waals surface area contributed by atoms with E-state index in [9.17, 15) is 9.90 Å². The standard InChI is InChI=1S/C14H19NO4/c16-9-13(17)12-7-4-8-15(12)14(18)19-10-11-5-2-1-3-6-11/h1-3,5-6,12-13,16-17H,4,7-10H2/t12-,13+/m0/s1. The molecule has 1 aliphatic heterocycles. The lowest BCUT2D eigenvalue weighted by Gasteiger charge is -2.26. The fourth-order valence-corrected chi connectivity index (χ4v) is 2.34. The van der Waals surface area contributed by atoms with Gasteiger partial charge in [-0.3, -0.25) is 0 Å². The van der Waals surface area contributed by atoms with Crippen molar-refractivity contribution in [3.63, 3.8) is 0 Å². The van der Waals surface area contributed by atoms with Gasteiger partial charge in [0.2, 0.25) is 0 Å². The van der Waals surface area contributed by atoms with E-state index in [4.69, 9.17) is 9.84 Å². The number of hydrogen-bond donors (Lipinski definition) is 2. The molecular formula is C14H19NO4. The minimum atomic E-state index is -0.897. The van der Waals surface area contributed by atoms with Crippen molar-refractivity contribution in [3.8, 4) is 0 Å². The lowest BCUT2D eigenvalue weighted by atomic mass is 10.1. The van der Waals surface area contributed by atoms with Gasteiger partial charge in [0, 0.05) is 6.54 Å². The molecule has 5 heteroatoms. The Morgan fingerprint density at radius 2 is 2.16 bits per heavy atom. The van der Waals surface area contributed by atoms with Gasteiger partial charge in [0.1, 0.15) is 6.61 Å². The van der Waals surface area contributed by atoms with Gasteiger partial charge in [-0.05, 0) is 18.4 Å². The van der Waals surface area contributed by atoms with Crippen molar-refractivity contribution in [1.29, 1.82) is 0 Å². The molecule has 1 fully saturated rings. The molecule has 2 N–H and O–H groups in total. The molecule has 0 radical (unpaired) electrons. The third-order valence-electron chi connectivity index (χ3n) is 3.37. The number of nitrogens with zero attached hydrogens (tertiary/aromatic N) is 1. The lowest BCUT2D eigenvalue weighted by molar-refractivity contribution is 0.0199. The molecule has 1 aliphatic rings. The van der Waals surface area contributed by atoms with E-state index < -0.39 is 12.2 Å². The van der Waals surface area contributed by atoms with Gasteiger partial charge >= 0.3 is 6.09 Å². The van der Waals surface area contributed by atoms with Crippen LogP contribution in [0.4, 0.5) is 4.79 Å². The zero-order valence-corrected chi connectivity index (χ0v) is 10.7. The molecule has 1 amide bonds. The summed E-state index contributed by atoms with van der Waals surface area (Å²) in [6.45, 7) is 0.445. The summed E-state index contributed by atoms with van der Waals surface area (Å²) in [7, 11) is 0. The van der Waals surface area contributed by atoms with E-state index in [0.717, 1.165) is 12.0 Å². The molecule has 0 unspecified atom stereocenters. The summed E-state index contributed by atoms with van der Waals surface area (Å²) in [6, 6.07) is 9.11. The van der Waals surface area contributed by atoms with Crippen LogP contribution >= 0.6 is 0 Å². The first kappa shape index (κ1) is 13.8. The fourth-order valence-electron chi connectivity index (χ4n) is 2.34. The number of carbonyl (C=O) groups excluding carboxylic acids is 1. The monoisotopic (exact) mass is 265 g/mol. The third kappa shape index (κ3) is 3.45. The largest absolute Gasteiger partial charge is 0.445 e. The highest BCUT2D eigenvalue weighted by atomic mass is 16.6. The Morgan fingerprint density at radius 1 is 1.42 bits per heavy atom. The summed E-state index contributed by atoms with van der Waals surface area (Å²) in [5, 5.41) is 18.6. The smallest absolute Gasteiger partial charge is 0.410 e. The molecule has 104 valence electrons. The molecular weight excluding hydrogens is 246 g/mol. The average Bonchev–Trinajstić information content (AvgIpc) is 2.94. The number of hydrogen-bond acceptors (Lipinski definition) is 4. The highest BCUT2D eigenvalue weighted by Gasteiger charge is 2.34. The SMILES string of the molecule is O=C(OCc1ccccc1)N1CCC[C@H]1[C@H](O)CO. The first-order valence-corrected chi connectivity index (χ1v) is 6.48. The van der Waals surface area contributed by atoms with E-state index in [2.05, 4.69) is 0 Å². The molecule has 0 bridgehead atoms. The minimum absolute atomic E-state index is 0.220. The van der Waals surface area contributed by atoms with Crippen molar-refractivity contribution in [3.05, 3.63) is 35.9 Å². The van der Waals surface area contributed by atoms with E-state index in [1.54, 1.807) is 0 Å². The molecule has 0 aliphatic carbocycles. The van der Waals surface area contributed by atoms with Crippen molar-refractivity contribution in [2.75, 3.05) is 13.2 Å². The maximum Gasteiger partial charge on any atom is 0.410 e. The maximum atomic E-state index is 12.0. The molecule has 1 aromatic carbocycles. The predicted molar refractivity (Wildman–Crippen MR) is 69.4 cm³/mol. The first-order chi connectivity index (χ1) is 9.22. The molecule has 1 heterocycles. The second kappa shape index (κ2) is 6.54. The highest BCUT2D eigenvalue weighted by molar-refractivity contribution is 5.68. The zero-order chi connectivity index (χ0) is 13.7. The summed E-state index contributed by atoms with van der Waals surface area (Å²) in [4.78, 5) is 13.5. The summed E-state index contributed by atoms with van der Waals surface area (Å²) in [5.41, 5.74) is 0.925. The van der Waals surface area contributed by atoms with Crippen LogP contribution in [-0.2, 0) is 11.3 Å². The average molecular weight is 265 g/mol. The zero-order valence-electron chi connectivity index (χ0n) is 10.7. The Labute approximate surface area is 112 Å². The number of benzene rings is 1. The minimum Gasteiger partial charge on any atom is -0.445 e. The van der Waals surface area contributed by atoms with E-state index in [1.807, 2.05) is 30.3 Å². The van der Waals surface area contributed by atoms with Crippen LogP contribution in [0.5, 0.6) is 0 Å². The van der Waals surface area contributed by atoms with Gasteiger partial charge in [-0.15, -0.1) is 0 Å². The Kier molecular flexibility index (Phi) is 4.76. The van der Waals surface area contributed by atoms with Crippen molar-refractivity contribution in [2.24, 2.45) is 0 Å². The van der Waals surface area contributed by atoms with Crippen LogP contribution in [-0.4, -0.2) is 46.5 Å². The third-order valence-corrected chi connectivity index (χ3v) is 3.37. The van der Waals surface area contributed by atoms with Crippen LogP contribution in [0.1, 0.15) is 18.4 Å². The predicted octanol–water partition coefficient (Wildman–Crippen LogP) is 1.14. The van der Waals surface area contributed by atoms with Crippen LogP contribution < -0.4 is 0 Å². The van der Waals surface area contributed by atoms with Crippen LogP contribution in [0.25, 0.3) is 0 Å². The van der Waals surface area contributed by atoms with E-state index >= 15 is 0 Å². The van der Waals surface area contributed by atoms with Gasteiger partial charge in [0.15, 0.2) is 0 Å². The van der Waals surface area contributed by atoms with Gasteiger partial charge in [-0.2, -0.15) is 0 Å². The molecule has 1 aromatic rings. The molecule has 0 spiro atoms. The molecule has 2 rings (SSSR count). The van der Waals surface area contributed by atoms with Crippen LogP contribution in [0, 0.1) is 0 Å². The first-order valence-electron chi connectivity index (χ1n) is 6.48. The topological polar surface area (TPSA) is 70.0 Å². The van der Waals surface area contributed by atoms with Gasteiger partial charge < -0.3 is 19.8 Å². The summed E-state index contributed by atoms with van der Waals surface area (Å²) >= 11 is 0. The molecule has 0 saturated carbocycles. The van der Waals surface area contributed by atoms with Gasteiger partial charge in [0.25, 0.3) is 0 Å². The number of likely N-dealkylation sites (tertiary alicyclic amines) is 1. The highest BCUT2D eigenvalue weighted by Crippen LogP contribution is 2.21. The van der Waals surface area contributed by atoms with Crippen LogP contribution in [0.2, 0.25) is 0 Å². The number of aliphatic hydroxyl groups excluding tert-OH is 2. The maximum absolute atomic E-state index is 12.0. The van der Waals surface area contributed by atoms with Crippen molar-refractivity contribution in [1.82, 2.24) is 4.90 Å². The number of ether oxygens (including phenoxy) is 1. The van der Waals surface area contributed by atoms with Crippen LogP contribution in [0.15, 0.2) is 30.3 Å². The van der Waals surface area contributed by atoms with Crippen molar-refractivity contribution >= 4 is 6.09 Å². The van der Waals surface area contributed by atoms with E-state index in [-0.39, 0.29) is 19.3 Å². The van der Waals surface area contributed by atoms with Crippen molar-refractivity contribution in [2.45, 2.75) is 31.6 Å². The van der Waals surface area contributed by atoms with E-state index in [0.29, 0.717) is 13.0 Å². The Bertz CT molecular complexity index is 409. The Morgan fingerprint density at radius 3 is 2.84 bits per heavy atom. The molecule has 0 aromatic heterocycles. The quantitative estimate of drug-likeness (QED) is 0.856. The number of carbonyl (C=O) groups is 1. The summed E-state index contributed by atoms with van der Waals surface area (Å²) in [5.74, 6) is 0. The van der Waals surface area contributed by atoms with Gasteiger partial charge in [-0.1, -0.05) is 30.3 Å². The number of rotatable bonds is 4. The van der Waals surface area contributed by atoms with Crippen LogP contribution in [0.3, 0.4) is 0 Å². The summed E-state index contributed by atoms with van der Waals surface area (Å²) < 4.78 is 5.23. The van der Waals surface area contributed by atoms with Gasteiger partial charge in [-0.25, -0.2) is 4.79 Å². The molecule has 1 saturated heterocycles. The second-order valence-corrected chi connectivity index (χ2v) is 4.69. The second-order valence-electron chi connectivity index (χ2n) is 4.69. The Balaban J connectivity index is 1.89. The van der Waals surface area contributed by atoms with E-state index in [1.165, 1.54) is 4.90 Å². The number of amides is 1. The fraction of sp³-hybridized carbons (Fsp3) is 0.500. The lowest BCUT2D eigenvalue weighted by Crippen LogP contribution is -2.44. The molecule has 2 atom stereocenters. The summed E-state index contributed by atoms with van der Waals surface area (Å²) in [6.07, 6.45) is 0.190. The van der Waals surface area contributed by atoms with Crippen molar-refractivity contribution < 1.29 is 19.7 Å². The Hall–Kier alpha value is -1.59. The van der Waals surface area contributed by atoms with Gasteiger partial charge in [0.05, 0.1) is 18.8 Å². The number of aliphatic hydroxyl groups is 2.